The van der Waals surface area contributed by atoms with Gasteiger partial charge >= 0.3 is 5.97 Å². The average molecular weight is 339 g/mol. The predicted molar refractivity (Wildman–Crippen MR) is 83.5 cm³/mol. The first-order valence-electron chi connectivity index (χ1n) is 6.85. The number of ketones is 1. The minimum absolute atomic E-state index is 0.154. The van der Waals surface area contributed by atoms with Crippen LogP contribution in [0.4, 0.5) is 0 Å². The average Bonchev–Trinajstić information content (AvgIpc) is 2.94. The van der Waals surface area contributed by atoms with E-state index in [0.29, 0.717) is 40.0 Å². The Bertz CT molecular complexity index is 736. The number of carboxylic acid groups (broad SMARTS) is 1. The third kappa shape index (κ3) is 2.19. The van der Waals surface area contributed by atoms with Gasteiger partial charge in [0, 0.05) is 23.1 Å². The third-order valence-electron chi connectivity index (χ3n) is 4.40. The van der Waals surface area contributed by atoms with E-state index in [1.54, 1.807) is 30.3 Å². The van der Waals surface area contributed by atoms with Crippen LogP contribution in [0.25, 0.3) is 0 Å². The highest BCUT2D eigenvalue weighted by Gasteiger charge is 2.53. The summed E-state index contributed by atoms with van der Waals surface area (Å²) in [4.78, 5) is 24.2. The normalized spacial score (nSPS) is 26.9. The first-order valence-corrected chi connectivity index (χ1v) is 7.61. The maximum atomic E-state index is 12.8. The van der Waals surface area contributed by atoms with Gasteiger partial charge in [-0.3, -0.25) is 14.1 Å². The molecular weight excluding hydrogens is 325 g/mol. The fraction of sp³-hybridized carbons (Fsp3) is 0.250. The Kier molecular flexibility index (Phi) is 3.63. The van der Waals surface area contributed by atoms with Crippen molar-refractivity contribution in [2.24, 2.45) is 5.92 Å². The number of nitrogens with zero attached hydrogens (tertiary/aromatic N) is 1. The third-order valence-corrected chi connectivity index (χ3v) is 4.96. The Morgan fingerprint density at radius 2 is 1.86 bits per heavy atom. The lowest BCUT2D eigenvalue weighted by molar-refractivity contribution is -0.817. The maximum Gasteiger partial charge on any atom is 0.316 e. The number of carboxylic acids is 1. The summed E-state index contributed by atoms with van der Waals surface area (Å²) in [7, 11) is 1.84. The molecule has 3 rings (SSSR count). The number of fused-ring (bicyclic) bond motifs is 1. The largest absolute Gasteiger partial charge is 0.481 e. The van der Waals surface area contributed by atoms with Gasteiger partial charge in [0.25, 0.3) is 0 Å². The maximum absolute atomic E-state index is 12.8. The van der Waals surface area contributed by atoms with E-state index < -0.39 is 11.9 Å². The van der Waals surface area contributed by atoms with Crippen molar-refractivity contribution >= 4 is 35.0 Å². The standard InChI is InChI=1S/C16H13Cl2NO3/c1-19-7-6-11(16(21)22)14(19)12(18)8-13(19)15(20)9-2-4-10(17)5-3-9/h2-5,8,11H,6-7H2,1H3/p+1. The van der Waals surface area contributed by atoms with Gasteiger partial charge in [0.2, 0.25) is 5.78 Å². The van der Waals surface area contributed by atoms with Crippen LogP contribution in [0.5, 0.6) is 0 Å². The quantitative estimate of drug-likeness (QED) is 0.678. The molecule has 2 heterocycles. The summed E-state index contributed by atoms with van der Waals surface area (Å²) in [5.41, 5.74) is 1.62. The van der Waals surface area contributed by atoms with E-state index in [2.05, 4.69) is 0 Å². The Hall–Kier alpha value is -1.62. The lowest BCUT2D eigenvalue weighted by atomic mass is 10.1. The van der Waals surface area contributed by atoms with Crippen molar-refractivity contribution in [3.05, 3.63) is 57.4 Å². The van der Waals surface area contributed by atoms with Crippen LogP contribution >= 0.6 is 23.2 Å². The SMILES string of the molecule is C[N+]12CCC(C(=O)O)C1=C(Cl)C=C2C(=O)c1ccc(Cl)cc1. The number of likely N-dealkylation sites (N-methyl/N-ethyl adjacent to an activating group) is 1. The second-order valence-electron chi connectivity index (χ2n) is 5.69. The number of quaternary nitrogens is 1. The van der Waals surface area contributed by atoms with Gasteiger partial charge in [0.15, 0.2) is 5.70 Å². The van der Waals surface area contributed by atoms with Crippen molar-refractivity contribution in [3.8, 4) is 0 Å². The second-order valence-corrected chi connectivity index (χ2v) is 6.54. The summed E-state index contributed by atoms with van der Waals surface area (Å²) < 4.78 is 0.178. The number of rotatable bonds is 3. The molecule has 2 atom stereocenters. The predicted octanol–water partition coefficient (Wildman–Crippen LogP) is 3.42. The molecule has 2 unspecified atom stereocenters. The van der Waals surface area contributed by atoms with Crippen molar-refractivity contribution in [3.63, 3.8) is 0 Å². The number of hydrogen-bond acceptors (Lipinski definition) is 2. The Morgan fingerprint density at radius 1 is 1.23 bits per heavy atom. The molecule has 0 spiro atoms. The first kappa shape index (κ1) is 15.3. The topological polar surface area (TPSA) is 54.4 Å². The van der Waals surface area contributed by atoms with Crippen molar-refractivity contribution in [2.45, 2.75) is 6.42 Å². The molecule has 1 N–H and O–H groups in total. The number of carbonyl (C=O) groups is 2. The number of Topliss-reactive ketones (excluding diaryl/α,β-unsaturated/α-hetero) is 1. The van der Waals surface area contributed by atoms with Gasteiger partial charge in [-0.25, -0.2) is 0 Å². The van der Waals surface area contributed by atoms with Crippen LogP contribution in [0, 0.1) is 5.92 Å². The molecule has 22 heavy (non-hydrogen) atoms. The molecule has 0 aliphatic carbocycles. The van der Waals surface area contributed by atoms with Crippen molar-refractivity contribution in [2.75, 3.05) is 13.6 Å². The number of hydrogen-bond donors (Lipinski definition) is 1. The molecule has 1 aromatic rings. The Labute approximate surface area is 137 Å². The van der Waals surface area contributed by atoms with E-state index in [-0.39, 0.29) is 10.3 Å². The lowest BCUT2D eigenvalue weighted by Gasteiger charge is -2.28. The van der Waals surface area contributed by atoms with Gasteiger partial charge in [0.05, 0.1) is 13.6 Å². The fourth-order valence-electron chi connectivity index (χ4n) is 3.26. The van der Waals surface area contributed by atoms with Crippen LogP contribution in [0.2, 0.25) is 5.02 Å². The molecule has 1 aromatic carbocycles. The van der Waals surface area contributed by atoms with Crippen LogP contribution in [-0.4, -0.2) is 34.9 Å². The van der Waals surface area contributed by atoms with E-state index in [1.165, 1.54) is 0 Å². The first-order chi connectivity index (χ1) is 10.3. The van der Waals surface area contributed by atoms with Crippen molar-refractivity contribution < 1.29 is 19.2 Å². The van der Waals surface area contributed by atoms with Gasteiger partial charge < -0.3 is 5.11 Å². The van der Waals surface area contributed by atoms with Crippen LogP contribution in [0.3, 0.4) is 0 Å². The minimum atomic E-state index is -0.899. The molecule has 1 saturated heterocycles. The molecule has 2 aliphatic heterocycles. The molecule has 0 saturated carbocycles. The summed E-state index contributed by atoms with van der Waals surface area (Å²) in [6.45, 7) is 0.549. The number of benzene rings is 1. The fourth-order valence-corrected chi connectivity index (χ4v) is 3.80. The highest BCUT2D eigenvalue weighted by atomic mass is 35.5. The molecule has 0 aromatic heterocycles. The van der Waals surface area contributed by atoms with E-state index in [1.807, 2.05) is 7.05 Å². The Morgan fingerprint density at radius 3 is 2.45 bits per heavy atom. The molecular formula is C16H14Cl2NO3+. The zero-order valence-corrected chi connectivity index (χ0v) is 13.4. The molecule has 0 bridgehead atoms. The van der Waals surface area contributed by atoms with Crippen LogP contribution in [0.15, 0.2) is 46.8 Å². The summed E-state index contributed by atoms with van der Waals surface area (Å²) in [6, 6.07) is 6.64. The molecule has 0 amide bonds. The van der Waals surface area contributed by atoms with Gasteiger partial charge in [-0.2, -0.15) is 0 Å². The summed E-state index contributed by atoms with van der Waals surface area (Å²) in [6.07, 6.45) is 2.07. The van der Waals surface area contributed by atoms with Crippen LogP contribution < -0.4 is 0 Å². The highest BCUT2D eigenvalue weighted by Crippen LogP contribution is 2.47. The van der Waals surface area contributed by atoms with E-state index in [0.717, 1.165) is 0 Å². The molecule has 6 heteroatoms. The summed E-state index contributed by atoms with van der Waals surface area (Å²) in [5, 5.41) is 10.3. The second kappa shape index (κ2) is 5.23. The summed E-state index contributed by atoms with van der Waals surface area (Å²) in [5.74, 6) is -1.69. The van der Waals surface area contributed by atoms with Crippen LogP contribution in [0.1, 0.15) is 16.8 Å². The lowest BCUT2D eigenvalue weighted by Crippen LogP contribution is -2.40. The number of allylic oxidation sites excluding steroid dienone is 3. The zero-order chi connectivity index (χ0) is 16.1. The number of halogens is 2. The molecule has 2 aliphatic rings. The van der Waals surface area contributed by atoms with Gasteiger partial charge in [-0.05, 0) is 24.3 Å². The number of carbonyl (C=O) groups excluding carboxylic acids is 1. The Balaban J connectivity index is 1.98. The van der Waals surface area contributed by atoms with E-state index in [9.17, 15) is 14.7 Å². The number of aliphatic carboxylic acids is 1. The smallest absolute Gasteiger partial charge is 0.316 e. The van der Waals surface area contributed by atoms with Crippen molar-refractivity contribution in [1.29, 1.82) is 0 Å². The van der Waals surface area contributed by atoms with E-state index in [4.69, 9.17) is 23.2 Å². The van der Waals surface area contributed by atoms with E-state index >= 15 is 0 Å². The monoisotopic (exact) mass is 338 g/mol. The molecule has 4 nitrogen and oxygen atoms in total. The highest BCUT2D eigenvalue weighted by molar-refractivity contribution is 6.32. The van der Waals surface area contributed by atoms with Crippen molar-refractivity contribution in [1.82, 2.24) is 0 Å². The molecule has 1 fully saturated rings. The van der Waals surface area contributed by atoms with Gasteiger partial charge in [0.1, 0.15) is 16.6 Å². The van der Waals surface area contributed by atoms with Gasteiger partial charge in [-0.15, -0.1) is 0 Å². The summed E-state index contributed by atoms with van der Waals surface area (Å²) >= 11 is 12.1. The zero-order valence-electron chi connectivity index (χ0n) is 11.8. The van der Waals surface area contributed by atoms with Gasteiger partial charge in [-0.1, -0.05) is 23.2 Å². The molecule has 114 valence electrons. The molecule has 0 radical (unpaired) electrons. The van der Waals surface area contributed by atoms with Crippen LogP contribution in [-0.2, 0) is 4.79 Å². The minimum Gasteiger partial charge on any atom is -0.481 e.